The molecule has 0 aliphatic heterocycles. The van der Waals surface area contributed by atoms with Crippen LogP contribution in [0.5, 0.6) is 5.75 Å². The van der Waals surface area contributed by atoms with E-state index in [0.29, 0.717) is 13.2 Å². The highest BCUT2D eigenvalue weighted by Gasteiger charge is 2.26. The largest absolute Gasteiger partial charge is 0.494 e. The Labute approximate surface area is 154 Å². The van der Waals surface area contributed by atoms with Gasteiger partial charge in [-0.3, -0.25) is 15.0 Å². The number of urea groups is 1. The summed E-state index contributed by atoms with van der Waals surface area (Å²) >= 11 is 0. The number of amides is 3. The maximum Gasteiger partial charge on any atom is 0.321 e. The zero-order valence-electron chi connectivity index (χ0n) is 15.4. The summed E-state index contributed by atoms with van der Waals surface area (Å²) in [7, 11) is 3.33. The molecule has 3 amide bonds. The lowest BCUT2D eigenvalue weighted by atomic mass is 10.0. The molecule has 1 unspecified atom stereocenters. The minimum absolute atomic E-state index is 0.371. The molecule has 6 nitrogen and oxygen atoms in total. The number of nitrogens with one attached hydrogen (secondary N) is 2. The van der Waals surface area contributed by atoms with E-state index in [9.17, 15) is 9.59 Å². The van der Waals surface area contributed by atoms with E-state index in [4.69, 9.17) is 4.74 Å². The lowest BCUT2D eigenvalue weighted by Gasteiger charge is -2.27. The molecule has 0 saturated carbocycles. The lowest BCUT2D eigenvalue weighted by Crippen LogP contribution is -2.44. The average molecular weight is 355 g/mol. The summed E-state index contributed by atoms with van der Waals surface area (Å²) in [5, 5.41) is 4.78. The maximum absolute atomic E-state index is 12.7. The number of imide groups is 1. The zero-order chi connectivity index (χ0) is 18.9. The van der Waals surface area contributed by atoms with Crippen LogP contribution in [0.4, 0.5) is 4.79 Å². The fraction of sp³-hybridized carbons (Fsp3) is 0.300. The highest BCUT2D eigenvalue weighted by Crippen LogP contribution is 2.22. The van der Waals surface area contributed by atoms with Gasteiger partial charge in [-0.2, -0.15) is 0 Å². The van der Waals surface area contributed by atoms with E-state index < -0.39 is 12.1 Å². The van der Waals surface area contributed by atoms with Crippen LogP contribution >= 0.6 is 0 Å². The Balaban J connectivity index is 2.18. The van der Waals surface area contributed by atoms with Crippen molar-refractivity contribution in [3.05, 3.63) is 65.7 Å². The molecule has 0 aliphatic carbocycles. The summed E-state index contributed by atoms with van der Waals surface area (Å²) in [5.41, 5.74) is 1.87. The first-order valence-electron chi connectivity index (χ1n) is 8.54. The average Bonchev–Trinajstić information content (AvgIpc) is 2.64. The summed E-state index contributed by atoms with van der Waals surface area (Å²) in [4.78, 5) is 26.1. The zero-order valence-corrected chi connectivity index (χ0v) is 15.4. The second-order valence-electron chi connectivity index (χ2n) is 5.87. The van der Waals surface area contributed by atoms with Gasteiger partial charge in [0.15, 0.2) is 0 Å². The number of benzene rings is 2. The predicted molar refractivity (Wildman–Crippen MR) is 101 cm³/mol. The topological polar surface area (TPSA) is 70.7 Å². The van der Waals surface area contributed by atoms with Crippen molar-refractivity contribution in [2.75, 3.05) is 20.7 Å². The van der Waals surface area contributed by atoms with Crippen molar-refractivity contribution < 1.29 is 14.3 Å². The van der Waals surface area contributed by atoms with Crippen LogP contribution in [0.3, 0.4) is 0 Å². The Morgan fingerprint density at radius 1 is 1.08 bits per heavy atom. The molecule has 0 radical (unpaired) electrons. The molecular formula is C20H25N3O3. The van der Waals surface area contributed by atoms with Gasteiger partial charge in [0.1, 0.15) is 11.8 Å². The van der Waals surface area contributed by atoms with Gasteiger partial charge in [-0.15, -0.1) is 0 Å². The first kappa shape index (κ1) is 19.5. The molecule has 0 spiro atoms. The second-order valence-corrected chi connectivity index (χ2v) is 5.87. The van der Waals surface area contributed by atoms with Crippen molar-refractivity contribution in [2.45, 2.75) is 19.5 Å². The van der Waals surface area contributed by atoms with Gasteiger partial charge in [-0.25, -0.2) is 4.79 Å². The first-order valence-corrected chi connectivity index (χ1v) is 8.54. The van der Waals surface area contributed by atoms with Crippen molar-refractivity contribution in [3.8, 4) is 5.75 Å². The van der Waals surface area contributed by atoms with E-state index >= 15 is 0 Å². The van der Waals surface area contributed by atoms with Gasteiger partial charge >= 0.3 is 6.03 Å². The highest BCUT2D eigenvalue weighted by molar-refractivity contribution is 5.97. The van der Waals surface area contributed by atoms with Crippen LogP contribution in [0.15, 0.2) is 54.6 Å². The Morgan fingerprint density at radius 2 is 1.73 bits per heavy atom. The maximum atomic E-state index is 12.7. The summed E-state index contributed by atoms with van der Waals surface area (Å²) in [6, 6.07) is 16.1. The van der Waals surface area contributed by atoms with Gasteiger partial charge in [-0.05, 0) is 37.2 Å². The number of carbonyl (C=O) groups is 2. The quantitative estimate of drug-likeness (QED) is 0.801. The minimum Gasteiger partial charge on any atom is -0.494 e. The van der Waals surface area contributed by atoms with E-state index in [2.05, 4.69) is 10.6 Å². The number of carbonyl (C=O) groups excluding carboxylic acids is 2. The SMILES string of the molecule is CCOc1ccc(CN(C)C(C(=O)NC(=O)NC)c2ccccc2)cc1. The lowest BCUT2D eigenvalue weighted by molar-refractivity contribution is -0.125. The van der Waals surface area contributed by atoms with Crippen molar-refractivity contribution in [2.24, 2.45) is 0 Å². The fourth-order valence-corrected chi connectivity index (χ4v) is 2.72. The van der Waals surface area contributed by atoms with Crippen LogP contribution in [0.25, 0.3) is 0 Å². The van der Waals surface area contributed by atoms with E-state index in [0.717, 1.165) is 16.9 Å². The number of nitrogens with zero attached hydrogens (tertiary/aromatic N) is 1. The van der Waals surface area contributed by atoms with Gasteiger partial charge in [0, 0.05) is 13.6 Å². The highest BCUT2D eigenvalue weighted by atomic mass is 16.5. The standard InChI is InChI=1S/C20H25N3O3/c1-4-26-17-12-10-15(11-13-17)14-23(3)18(16-8-6-5-7-9-16)19(24)22-20(25)21-2/h5-13,18H,4,14H2,1-3H3,(H2,21,22,24,25). The number of hydrogen-bond acceptors (Lipinski definition) is 4. The van der Waals surface area contributed by atoms with Crippen LogP contribution in [-0.4, -0.2) is 37.5 Å². The fourth-order valence-electron chi connectivity index (χ4n) is 2.72. The van der Waals surface area contributed by atoms with Crippen LogP contribution in [-0.2, 0) is 11.3 Å². The molecule has 1 atom stereocenters. The number of likely N-dealkylation sites (N-methyl/N-ethyl adjacent to an activating group) is 1. The molecule has 0 aromatic heterocycles. The molecule has 0 saturated heterocycles. The third kappa shape index (κ3) is 5.32. The Morgan fingerprint density at radius 3 is 2.31 bits per heavy atom. The Bertz CT molecular complexity index is 717. The normalized spacial score (nSPS) is 11.7. The summed E-state index contributed by atoms with van der Waals surface area (Å²) in [5.74, 6) is 0.444. The molecular weight excluding hydrogens is 330 g/mol. The van der Waals surface area contributed by atoms with Gasteiger partial charge in [-0.1, -0.05) is 42.5 Å². The van der Waals surface area contributed by atoms with Gasteiger partial charge in [0.2, 0.25) is 5.91 Å². The van der Waals surface area contributed by atoms with Gasteiger partial charge in [0.25, 0.3) is 0 Å². The molecule has 0 aliphatic rings. The van der Waals surface area contributed by atoms with Crippen molar-refractivity contribution in [3.63, 3.8) is 0 Å². The van der Waals surface area contributed by atoms with E-state index in [-0.39, 0.29) is 5.91 Å². The smallest absolute Gasteiger partial charge is 0.321 e. The molecule has 6 heteroatoms. The molecule has 26 heavy (non-hydrogen) atoms. The third-order valence-electron chi connectivity index (χ3n) is 3.93. The molecule has 2 rings (SSSR count). The summed E-state index contributed by atoms with van der Waals surface area (Å²) in [6.07, 6.45) is 0. The minimum atomic E-state index is -0.583. The second kappa shape index (κ2) is 9.58. The first-order chi connectivity index (χ1) is 12.5. The number of hydrogen-bond donors (Lipinski definition) is 2. The Kier molecular flexibility index (Phi) is 7.17. The Hall–Kier alpha value is -2.86. The van der Waals surface area contributed by atoms with E-state index in [1.165, 1.54) is 7.05 Å². The molecule has 2 aromatic rings. The third-order valence-corrected chi connectivity index (χ3v) is 3.93. The van der Waals surface area contributed by atoms with Crippen LogP contribution in [0, 0.1) is 0 Å². The number of ether oxygens (including phenoxy) is 1. The van der Waals surface area contributed by atoms with Crippen LogP contribution < -0.4 is 15.4 Å². The molecule has 138 valence electrons. The van der Waals surface area contributed by atoms with Crippen molar-refractivity contribution >= 4 is 11.9 Å². The van der Waals surface area contributed by atoms with Gasteiger partial charge < -0.3 is 10.1 Å². The summed E-state index contributed by atoms with van der Waals surface area (Å²) in [6.45, 7) is 3.11. The van der Waals surface area contributed by atoms with Crippen molar-refractivity contribution in [1.29, 1.82) is 0 Å². The summed E-state index contributed by atoms with van der Waals surface area (Å²) < 4.78 is 5.45. The monoisotopic (exact) mass is 355 g/mol. The number of rotatable bonds is 7. The molecule has 0 bridgehead atoms. The van der Waals surface area contributed by atoms with E-state index in [1.54, 1.807) is 0 Å². The van der Waals surface area contributed by atoms with Crippen molar-refractivity contribution in [1.82, 2.24) is 15.5 Å². The molecule has 0 heterocycles. The van der Waals surface area contributed by atoms with Crippen LogP contribution in [0.1, 0.15) is 24.1 Å². The van der Waals surface area contributed by atoms with Crippen LogP contribution in [0.2, 0.25) is 0 Å². The van der Waals surface area contributed by atoms with E-state index in [1.807, 2.05) is 73.5 Å². The molecule has 2 N–H and O–H groups in total. The van der Waals surface area contributed by atoms with Gasteiger partial charge in [0.05, 0.1) is 6.61 Å². The predicted octanol–water partition coefficient (Wildman–Crippen LogP) is 2.71. The molecule has 2 aromatic carbocycles. The molecule has 0 fully saturated rings.